The van der Waals surface area contributed by atoms with E-state index in [0.717, 1.165) is 6.07 Å². The molecular weight excluding hydrogens is 312 g/mol. The number of halogens is 4. The Morgan fingerprint density at radius 2 is 1.78 bits per heavy atom. The largest absolute Gasteiger partial charge is 0.418 e. The lowest BCUT2D eigenvalue weighted by Crippen LogP contribution is -2.30. The molecule has 2 aromatic carbocycles. The third-order valence-corrected chi connectivity index (χ3v) is 3.10. The molecule has 3 nitrogen and oxygen atoms in total. The van der Waals surface area contributed by atoms with E-state index in [1.165, 1.54) is 36.4 Å². The van der Waals surface area contributed by atoms with Crippen LogP contribution >= 0.6 is 0 Å². The van der Waals surface area contributed by atoms with Crippen molar-refractivity contribution in [2.45, 2.75) is 19.0 Å². The first-order chi connectivity index (χ1) is 10.9. The first-order valence-electron chi connectivity index (χ1n) is 6.82. The summed E-state index contributed by atoms with van der Waals surface area (Å²) in [5.74, 6) is -0.897. The monoisotopic (exact) mass is 326 g/mol. The van der Waals surface area contributed by atoms with E-state index in [9.17, 15) is 22.4 Å². The molecule has 0 fully saturated rings. The topological polar surface area (TPSA) is 41.1 Å². The summed E-state index contributed by atoms with van der Waals surface area (Å²) in [4.78, 5) is 11.7. The van der Waals surface area contributed by atoms with Crippen LogP contribution in [-0.2, 0) is 17.4 Å². The highest BCUT2D eigenvalue weighted by Gasteiger charge is 2.33. The summed E-state index contributed by atoms with van der Waals surface area (Å²) in [7, 11) is 0. The van der Waals surface area contributed by atoms with Crippen molar-refractivity contribution in [2.24, 2.45) is 0 Å². The van der Waals surface area contributed by atoms with Crippen molar-refractivity contribution in [2.75, 3.05) is 5.43 Å². The number of anilines is 1. The van der Waals surface area contributed by atoms with Crippen LogP contribution in [0.15, 0.2) is 48.5 Å². The maximum atomic E-state index is 13.0. The van der Waals surface area contributed by atoms with E-state index in [1.54, 1.807) is 6.07 Å². The van der Waals surface area contributed by atoms with Crippen LogP contribution in [0.5, 0.6) is 0 Å². The third kappa shape index (κ3) is 4.98. The SMILES string of the molecule is O=C(CCc1cccc(F)c1)NNc1ccccc1C(F)(F)F. The second kappa shape index (κ2) is 7.13. The van der Waals surface area contributed by atoms with Crippen LogP contribution in [0.1, 0.15) is 17.5 Å². The molecule has 2 aromatic rings. The van der Waals surface area contributed by atoms with Gasteiger partial charge in [-0.3, -0.25) is 15.6 Å². The van der Waals surface area contributed by atoms with Gasteiger partial charge in [0.15, 0.2) is 0 Å². The lowest BCUT2D eigenvalue weighted by Gasteiger charge is -2.14. The number of hydrogen-bond acceptors (Lipinski definition) is 2. The number of carbonyl (C=O) groups is 1. The van der Waals surface area contributed by atoms with E-state index in [-0.39, 0.29) is 18.5 Å². The molecule has 2 rings (SSSR count). The second-order valence-electron chi connectivity index (χ2n) is 4.85. The van der Waals surface area contributed by atoms with Crippen molar-refractivity contribution >= 4 is 11.6 Å². The Bertz CT molecular complexity index is 686. The number of carbonyl (C=O) groups excluding carboxylic acids is 1. The van der Waals surface area contributed by atoms with Gasteiger partial charge >= 0.3 is 6.18 Å². The number of hydrazine groups is 1. The van der Waals surface area contributed by atoms with Crippen molar-refractivity contribution in [3.63, 3.8) is 0 Å². The average Bonchev–Trinajstić information content (AvgIpc) is 2.50. The number of para-hydroxylation sites is 1. The number of alkyl halides is 3. The van der Waals surface area contributed by atoms with Crippen molar-refractivity contribution in [1.82, 2.24) is 5.43 Å². The van der Waals surface area contributed by atoms with Gasteiger partial charge in [0.1, 0.15) is 5.82 Å². The zero-order chi connectivity index (χ0) is 16.9. The van der Waals surface area contributed by atoms with Crippen LogP contribution in [0, 0.1) is 5.82 Å². The molecule has 1 amide bonds. The Hall–Kier alpha value is -2.57. The Labute approximate surface area is 130 Å². The fourth-order valence-electron chi connectivity index (χ4n) is 1.99. The van der Waals surface area contributed by atoms with Crippen LogP contribution < -0.4 is 10.9 Å². The molecule has 0 aliphatic heterocycles. The maximum Gasteiger partial charge on any atom is 0.418 e. The molecule has 0 saturated carbocycles. The minimum atomic E-state index is -4.52. The van der Waals surface area contributed by atoms with Crippen LogP contribution in [0.25, 0.3) is 0 Å². The molecule has 7 heteroatoms. The zero-order valence-corrected chi connectivity index (χ0v) is 12.0. The molecule has 0 aliphatic rings. The first kappa shape index (κ1) is 16.8. The Kier molecular flexibility index (Phi) is 5.20. The molecule has 0 spiro atoms. The first-order valence-corrected chi connectivity index (χ1v) is 6.82. The lowest BCUT2D eigenvalue weighted by atomic mass is 10.1. The van der Waals surface area contributed by atoms with Gasteiger partial charge in [-0.05, 0) is 36.2 Å². The molecule has 0 atom stereocenters. The van der Waals surface area contributed by atoms with Gasteiger partial charge < -0.3 is 0 Å². The summed E-state index contributed by atoms with van der Waals surface area (Å²) in [5.41, 5.74) is 4.02. The van der Waals surface area contributed by atoms with Gasteiger partial charge in [-0.1, -0.05) is 24.3 Å². The summed E-state index contributed by atoms with van der Waals surface area (Å²) in [6.07, 6.45) is -4.22. The predicted octanol–water partition coefficient (Wildman–Crippen LogP) is 3.92. The van der Waals surface area contributed by atoms with Crippen LogP contribution in [0.3, 0.4) is 0 Å². The van der Waals surface area contributed by atoms with E-state index in [4.69, 9.17) is 0 Å². The summed E-state index contributed by atoms with van der Waals surface area (Å²) in [5, 5.41) is 0. The Balaban J connectivity index is 1.90. The highest BCUT2D eigenvalue weighted by Crippen LogP contribution is 2.34. The third-order valence-electron chi connectivity index (χ3n) is 3.10. The normalized spacial score (nSPS) is 11.1. The van der Waals surface area contributed by atoms with Gasteiger partial charge in [-0.15, -0.1) is 0 Å². The van der Waals surface area contributed by atoms with E-state index in [2.05, 4.69) is 10.9 Å². The van der Waals surface area contributed by atoms with E-state index in [0.29, 0.717) is 5.56 Å². The smallest absolute Gasteiger partial charge is 0.298 e. The van der Waals surface area contributed by atoms with Crippen molar-refractivity contribution in [3.8, 4) is 0 Å². The van der Waals surface area contributed by atoms with E-state index >= 15 is 0 Å². The van der Waals surface area contributed by atoms with Crippen molar-refractivity contribution < 1.29 is 22.4 Å². The molecule has 2 N–H and O–H groups in total. The van der Waals surface area contributed by atoms with Gasteiger partial charge in [-0.25, -0.2) is 4.39 Å². The molecule has 0 radical (unpaired) electrons. The summed E-state index contributed by atoms with van der Waals surface area (Å²) in [6, 6.07) is 10.6. The molecule has 122 valence electrons. The number of amides is 1. The van der Waals surface area contributed by atoms with E-state index in [1.807, 2.05) is 0 Å². The van der Waals surface area contributed by atoms with Crippen LogP contribution in [-0.4, -0.2) is 5.91 Å². The average molecular weight is 326 g/mol. The minimum Gasteiger partial charge on any atom is -0.298 e. The molecule has 0 heterocycles. The second-order valence-corrected chi connectivity index (χ2v) is 4.85. The number of benzene rings is 2. The number of hydrogen-bond donors (Lipinski definition) is 2. The van der Waals surface area contributed by atoms with Gasteiger partial charge in [0.25, 0.3) is 0 Å². The maximum absolute atomic E-state index is 13.0. The van der Waals surface area contributed by atoms with Crippen LogP contribution in [0.2, 0.25) is 0 Å². The van der Waals surface area contributed by atoms with Crippen LogP contribution in [0.4, 0.5) is 23.2 Å². The predicted molar refractivity (Wildman–Crippen MR) is 77.9 cm³/mol. The quantitative estimate of drug-likeness (QED) is 0.646. The summed E-state index contributed by atoms with van der Waals surface area (Å²) >= 11 is 0. The summed E-state index contributed by atoms with van der Waals surface area (Å²) < 4.78 is 51.4. The molecular formula is C16H14F4N2O. The fourth-order valence-corrected chi connectivity index (χ4v) is 1.99. The summed E-state index contributed by atoms with van der Waals surface area (Å²) in [6.45, 7) is 0. The molecule has 0 aromatic heterocycles. The standard InChI is InChI=1S/C16H14F4N2O/c17-12-5-3-4-11(10-12)8-9-15(23)22-21-14-7-2-1-6-13(14)16(18,19)20/h1-7,10,21H,8-9H2,(H,22,23). The van der Waals surface area contributed by atoms with Gasteiger partial charge in [0.2, 0.25) is 5.91 Å². The van der Waals surface area contributed by atoms with Gasteiger partial charge in [-0.2, -0.15) is 13.2 Å². The molecule has 0 saturated heterocycles. The Morgan fingerprint density at radius 1 is 1.04 bits per heavy atom. The fraction of sp³-hybridized carbons (Fsp3) is 0.188. The highest BCUT2D eigenvalue weighted by molar-refractivity contribution is 5.77. The lowest BCUT2D eigenvalue weighted by molar-refractivity contribution is -0.137. The van der Waals surface area contributed by atoms with E-state index < -0.39 is 23.5 Å². The number of rotatable bonds is 5. The minimum absolute atomic E-state index is 0.0185. The van der Waals surface area contributed by atoms with Crippen molar-refractivity contribution in [3.05, 3.63) is 65.5 Å². The van der Waals surface area contributed by atoms with Gasteiger partial charge in [0, 0.05) is 6.42 Å². The van der Waals surface area contributed by atoms with Crippen molar-refractivity contribution in [1.29, 1.82) is 0 Å². The molecule has 23 heavy (non-hydrogen) atoms. The molecule has 0 bridgehead atoms. The highest BCUT2D eigenvalue weighted by atomic mass is 19.4. The Morgan fingerprint density at radius 3 is 2.48 bits per heavy atom. The number of aryl methyl sites for hydroxylation is 1. The van der Waals surface area contributed by atoms with Gasteiger partial charge in [0.05, 0.1) is 11.3 Å². The molecule has 0 aliphatic carbocycles. The molecule has 0 unspecified atom stereocenters. The zero-order valence-electron chi connectivity index (χ0n) is 12.0. The number of nitrogens with one attached hydrogen (secondary N) is 2.